The van der Waals surface area contributed by atoms with Crippen molar-refractivity contribution in [3.05, 3.63) is 17.8 Å². The number of likely N-dealkylation sites (N-methyl/N-ethyl adjacent to an activating group) is 1. The van der Waals surface area contributed by atoms with E-state index in [4.69, 9.17) is 10.5 Å². The fourth-order valence-electron chi connectivity index (χ4n) is 1.84. The highest BCUT2D eigenvalue weighted by atomic mass is 16.5. The van der Waals surface area contributed by atoms with Gasteiger partial charge in [-0.05, 0) is 33.8 Å². The lowest BCUT2D eigenvalue weighted by atomic mass is 10.1. The molecular weight excluding hydrogens is 258 g/mol. The zero-order valence-corrected chi connectivity index (χ0v) is 12.5. The fraction of sp³-hybridized carbons (Fsp3) is 0.571. The molecule has 3 N–H and O–H groups in total. The van der Waals surface area contributed by atoms with Crippen molar-refractivity contribution < 1.29 is 14.6 Å². The highest BCUT2D eigenvalue weighted by Crippen LogP contribution is 2.20. The van der Waals surface area contributed by atoms with Crippen LogP contribution in [0.5, 0.6) is 0 Å². The molecule has 0 saturated carbocycles. The van der Waals surface area contributed by atoms with E-state index < -0.39 is 11.6 Å². The van der Waals surface area contributed by atoms with Gasteiger partial charge in [0, 0.05) is 13.1 Å². The second kappa shape index (κ2) is 6.56. The third-order valence-corrected chi connectivity index (χ3v) is 2.70. The van der Waals surface area contributed by atoms with E-state index in [1.54, 1.807) is 26.8 Å². The van der Waals surface area contributed by atoms with Crippen molar-refractivity contribution in [1.82, 2.24) is 4.98 Å². The molecule has 0 spiro atoms. The van der Waals surface area contributed by atoms with Crippen molar-refractivity contribution in [2.24, 2.45) is 0 Å². The standard InChI is InChI=1S/C14H23N3O3/c1-5-17(9-14(3,4)19)12-7-10(11(15)8-16-12)13(18)20-6-2/h7-8,19H,5-6,9,15H2,1-4H3. The van der Waals surface area contributed by atoms with Gasteiger partial charge in [0.05, 0.1) is 29.7 Å². The maximum Gasteiger partial charge on any atom is 0.340 e. The number of aliphatic hydroxyl groups is 1. The summed E-state index contributed by atoms with van der Waals surface area (Å²) in [5.74, 6) is 0.125. The van der Waals surface area contributed by atoms with Gasteiger partial charge in [-0.25, -0.2) is 9.78 Å². The lowest BCUT2D eigenvalue weighted by Crippen LogP contribution is -2.39. The molecule has 20 heavy (non-hydrogen) atoms. The van der Waals surface area contributed by atoms with Gasteiger partial charge in [-0.3, -0.25) is 0 Å². The molecule has 6 heteroatoms. The summed E-state index contributed by atoms with van der Waals surface area (Å²) in [5, 5.41) is 9.91. The number of carbonyl (C=O) groups excluding carboxylic acids is 1. The molecule has 0 unspecified atom stereocenters. The van der Waals surface area contributed by atoms with Crippen LogP contribution in [0.15, 0.2) is 12.3 Å². The molecule has 1 heterocycles. The van der Waals surface area contributed by atoms with Crippen LogP contribution in [0.25, 0.3) is 0 Å². The van der Waals surface area contributed by atoms with E-state index in [9.17, 15) is 9.90 Å². The van der Waals surface area contributed by atoms with E-state index in [-0.39, 0.29) is 12.3 Å². The zero-order chi connectivity index (χ0) is 15.3. The van der Waals surface area contributed by atoms with Crippen LogP contribution in [0.1, 0.15) is 38.1 Å². The number of nitrogen functional groups attached to an aromatic ring is 1. The van der Waals surface area contributed by atoms with Crippen LogP contribution in [0, 0.1) is 0 Å². The molecule has 0 aliphatic heterocycles. The van der Waals surface area contributed by atoms with Gasteiger partial charge in [0.15, 0.2) is 0 Å². The van der Waals surface area contributed by atoms with Crippen molar-refractivity contribution in [1.29, 1.82) is 0 Å². The van der Waals surface area contributed by atoms with Gasteiger partial charge >= 0.3 is 5.97 Å². The Morgan fingerprint density at radius 2 is 2.15 bits per heavy atom. The Balaban J connectivity index is 3.06. The molecule has 1 aromatic heterocycles. The summed E-state index contributed by atoms with van der Waals surface area (Å²) in [6, 6.07) is 1.60. The molecule has 0 aromatic carbocycles. The lowest BCUT2D eigenvalue weighted by molar-refractivity contribution is 0.0527. The number of aromatic nitrogens is 1. The summed E-state index contributed by atoms with van der Waals surface area (Å²) in [4.78, 5) is 17.9. The monoisotopic (exact) mass is 281 g/mol. The Labute approximate surface area is 119 Å². The fourth-order valence-corrected chi connectivity index (χ4v) is 1.84. The Hall–Kier alpha value is -1.82. The Bertz CT molecular complexity index is 469. The molecular formula is C14H23N3O3. The Morgan fingerprint density at radius 1 is 1.50 bits per heavy atom. The first-order chi connectivity index (χ1) is 9.28. The van der Waals surface area contributed by atoms with Crippen molar-refractivity contribution in [3.8, 4) is 0 Å². The predicted molar refractivity (Wildman–Crippen MR) is 78.8 cm³/mol. The Kier molecular flexibility index (Phi) is 5.33. The number of nitrogens with zero attached hydrogens (tertiary/aromatic N) is 2. The lowest BCUT2D eigenvalue weighted by Gasteiger charge is -2.29. The first-order valence-corrected chi connectivity index (χ1v) is 6.68. The SMILES string of the molecule is CCOC(=O)c1cc(N(CC)CC(C)(C)O)ncc1N. The van der Waals surface area contributed by atoms with E-state index >= 15 is 0 Å². The molecule has 0 bridgehead atoms. The molecule has 0 aliphatic carbocycles. The van der Waals surface area contributed by atoms with E-state index in [0.29, 0.717) is 24.5 Å². The number of hydrogen-bond donors (Lipinski definition) is 2. The van der Waals surface area contributed by atoms with Gasteiger partial charge < -0.3 is 20.5 Å². The zero-order valence-electron chi connectivity index (χ0n) is 12.5. The number of rotatable bonds is 6. The normalized spacial score (nSPS) is 11.2. The van der Waals surface area contributed by atoms with E-state index in [2.05, 4.69) is 4.98 Å². The maximum absolute atomic E-state index is 11.8. The third-order valence-electron chi connectivity index (χ3n) is 2.70. The smallest absolute Gasteiger partial charge is 0.340 e. The number of hydrogen-bond acceptors (Lipinski definition) is 6. The van der Waals surface area contributed by atoms with Gasteiger partial charge in [0.2, 0.25) is 0 Å². The summed E-state index contributed by atoms with van der Waals surface area (Å²) in [5.41, 5.74) is 5.48. The van der Waals surface area contributed by atoms with Crippen LogP contribution in [-0.4, -0.2) is 41.4 Å². The van der Waals surface area contributed by atoms with Crippen LogP contribution < -0.4 is 10.6 Å². The maximum atomic E-state index is 11.8. The second-order valence-electron chi connectivity index (χ2n) is 5.18. The van der Waals surface area contributed by atoms with Gasteiger partial charge in [-0.15, -0.1) is 0 Å². The molecule has 0 aliphatic rings. The van der Waals surface area contributed by atoms with Crippen molar-refractivity contribution >= 4 is 17.5 Å². The van der Waals surface area contributed by atoms with Gasteiger partial charge in [-0.2, -0.15) is 0 Å². The summed E-state index contributed by atoms with van der Waals surface area (Å²) < 4.78 is 4.96. The Morgan fingerprint density at radius 3 is 2.65 bits per heavy atom. The first kappa shape index (κ1) is 16.2. The van der Waals surface area contributed by atoms with Gasteiger partial charge in [-0.1, -0.05) is 0 Å². The van der Waals surface area contributed by atoms with Crippen LogP contribution in [0.2, 0.25) is 0 Å². The topological polar surface area (TPSA) is 88.7 Å². The number of esters is 1. The quantitative estimate of drug-likeness (QED) is 0.767. The minimum atomic E-state index is -0.858. The first-order valence-electron chi connectivity index (χ1n) is 6.68. The highest BCUT2D eigenvalue weighted by Gasteiger charge is 2.20. The average molecular weight is 281 g/mol. The van der Waals surface area contributed by atoms with Crippen molar-refractivity contribution in [2.45, 2.75) is 33.3 Å². The van der Waals surface area contributed by atoms with Crippen LogP contribution in [0.3, 0.4) is 0 Å². The molecule has 0 saturated heterocycles. The summed E-state index contributed by atoms with van der Waals surface area (Å²) in [6.45, 7) is 8.48. The van der Waals surface area contributed by atoms with Crippen LogP contribution in [-0.2, 0) is 4.74 Å². The van der Waals surface area contributed by atoms with Crippen LogP contribution in [0.4, 0.5) is 11.5 Å². The van der Waals surface area contributed by atoms with Crippen molar-refractivity contribution in [2.75, 3.05) is 30.3 Å². The molecule has 112 valence electrons. The number of carbonyl (C=O) groups is 1. The minimum absolute atomic E-state index is 0.284. The van der Waals surface area contributed by atoms with Gasteiger partial charge in [0.25, 0.3) is 0 Å². The third kappa shape index (κ3) is 4.38. The predicted octanol–water partition coefficient (Wildman–Crippen LogP) is 1.44. The molecule has 0 amide bonds. The number of anilines is 2. The summed E-state index contributed by atoms with van der Waals surface area (Å²) >= 11 is 0. The minimum Gasteiger partial charge on any atom is -0.462 e. The molecule has 0 atom stereocenters. The largest absolute Gasteiger partial charge is 0.462 e. The second-order valence-corrected chi connectivity index (χ2v) is 5.18. The molecule has 0 radical (unpaired) electrons. The van der Waals surface area contributed by atoms with E-state index in [0.717, 1.165) is 0 Å². The van der Waals surface area contributed by atoms with Gasteiger partial charge in [0.1, 0.15) is 5.82 Å². The summed E-state index contributed by atoms with van der Waals surface area (Å²) in [6.07, 6.45) is 1.44. The van der Waals surface area contributed by atoms with Crippen molar-refractivity contribution in [3.63, 3.8) is 0 Å². The average Bonchev–Trinajstić information content (AvgIpc) is 2.36. The molecule has 1 rings (SSSR count). The molecule has 6 nitrogen and oxygen atoms in total. The van der Waals surface area contributed by atoms with Crippen LogP contribution >= 0.6 is 0 Å². The molecule has 0 fully saturated rings. The van der Waals surface area contributed by atoms with E-state index in [1.807, 2.05) is 11.8 Å². The number of pyridine rings is 1. The molecule has 1 aromatic rings. The van der Waals surface area contributed by atoms with E-state index in [1.165, 1.54) is 6.20 Å². The summed E-state index contributed by atoms with van der Waals surface area (Å²) in [7, 11) is 0. The number of ether oxygens (including phenoxy) is 1. The number of nitrogens with two attached hydrogens (primary N) is 1. The highest BCUT2D eigenvalue weighted by molar-refractivity contribution is 5.95.